The Hall–Kier alpha value is -3.23. The van der Waals surface area contributed by atoms with Gasteiger partial charge in [-0.3, -0.25) is 9.69 Å². The normalized spacial score (nSPS) is 14.1. The van der Waals surface area contributed by atoms with E-state index in [2.05, 4.69) is 0 Å². The average Bonchev–Trinajstić information content (AvgIpc) is 3.01. The van der Waals surface area contributed by atoms with Crippen LogP contribution >= 0.6 is 0 Å². The van der Waals surface area contributed by atoms with Crippen molar-refractivity contribution >= 4 is 17.7 Å². The number of halogens is 3. The molecule has 0 spiro atoms. The van der Waals surface area contributed by atoms with Crippen LogP contribution in [0.4, 0.5) is 23.7 Å². The first-order valence-electron chi connectivity index (χ1n) is 10.6. The molecule has 0 radical (unpaired) electrons. The number of carbonyl (C=O) groups excluding carboxylic acids is 2. The highest BCUT2D eigenvalue weighted by atomic mass is 19.1. The minimum Gasteiger partial charge on any atom is -0.488 e. The number of methoxy groups -OCH3 is 1. The lowest BCUT2D eigenvalue weighted by Gasteiger charge is -2.30. The molecule has 1 heterocycles. The van der Waals surface area contributed by atoms with E-state index in [1.165, 1.54) is 18.1 Å². The number of esters is 1. The molecular formula is C24H26F3NO5. The Balaban J connectivity index is 1.90. The lowest BCUT2D eigenvalue weighted by molar-refractivity contribution is -0.143. The summed E-state index contributed by atoms with van der Waals surface area (Å²) in [6, 6.07) is 4.60. The molecule has 0 unspecified atom stereocenters. The maximum Gasteiger partial charge on any atom is 0.414 e. The molecule has 6 nitrogen and oxygen atoms in total. The van der Waals surface area contributed by atoms with Crippen LogP contribution in [-0.4, -0.2) is 37.9 Å². The molecule has 2 aromatic rings. The fraction of sp³-hybridized carbons (Fsp3) is 0.417. The van der Waals surface area contributed by atoms with E-state index >= 15 is 0 Å². The summed E-state index contributed by atoms with van der Waals surface area (Å²) >= 11 is 0. The Bertz CT molecular complexity index is 1050. The van der Waals surface area contributed by atoms with Crippen LogP contribution in [0.1, 0.15) is 39.2 Å². The lowest BCUT2D eigenvalue weighted by Crippen LogP contribution is -2.45. The Morgan fingerprint density at radius 2 is 1.76 bits per heavy atom. The molecule has 1 amide bonds. The van der Waals surface area contributed by atoms with E-state index < -0.39 is 40.8 Å². The minimum atomic E-state index is -1.000. The van der Waals surface area contributed by atoms with Gasteiger partial charge in [0.1, 0.15) is 5.82 Å². The van der Waals surface area contributed by atoms with Crippen molar-refractivity contribution in [3.8, 4) is 16.9 Å². The third kappa shape index (κ3) is 4.91. The van der Waals surface area contributed by atoms with E-state index in [0.29, 0.717) is 11.3 Å². The van der Waals surface area contributed by atoms with Crippen molar-refractivity contribution < 1.29 is 37.0 Å². The van der Waals surface area contributed by atoms with E-state index in [0.717, 1.165) is 18.2 Å². The summed E-state index contributed by atoms with van der Waals surface area (Å²) in [5.41, 5.74) is 0.145. The van der Waals surface area contributed by atoms with Gasteiger partial charge in [0.2, 0.25) is 0 Å². The van der Waals surface area contributed by atoms with Gasteiger partial charge in [-0.2, -0.15) is 0 Å². The smallest absolute Gasteiger partial charge is 0.414 e. The van der Waals surface area contributed by atoms with Crippen LogP contribution in [0.3, 0.4) is 0 Å². The van der Waals surface area contributed by atoms with Crippen LogP contribution < -0.4 is 9.64 Å². The van der Waals surface area contributed by atoms with Gasteiger partial charge < -0.3 is 14.2 Å². The zero-order valence-electron chi connectivity index (χ0n) is 19.0. The summed E-state index contributed by atoms with van der Waals surface area (Å²) in [6.45, 7) is 5.42. The van der Waals surface area contributed by atoms with Crippen LogP contribution in [0.15, 0.2) is 24.3 Å². The topological polar surface area (TPSA) is 65.1 Å². The zero-order valence-corrected chi connectivity index (χ0v) is 19.0. The van der Waals surface area contributed by atoms with E-state index in [9.17, 15) is 22.8 Å². The van der Waals surface area contributed by atoms with Crippen LogP contribution in [0.2, 0.25) is 0 Å². The first-order valence-corrected chi connectivity index (χ1v) is 10.6. The number of benzene rings is 2. The summed E-state index contributed by atoms with van der Waals surface area (Å²) in [5.74, 6) is -3.69. The van der Waals surface area contributed by atoms with E-state index in [4.69, 9.17) is 14.2 Å². The molecule has 0 saturated carbocycles. The number of hydrogen-bond donors (Lipinski definition) is 0. The summed E-state index contributed by atoms with van der Waals surface area (Å²) in [5, 5.41) is 0. The van der Waals surface area contributed by atoms with Gasteiger partial charge in [-0.05, 0) is 69.0 Å². The van der Waals surface area contributed by atoms with Gasteiger partial charge in [-0.1, -0.05) is 0 Å². The summed E-state index contributed by atoms with van der Waals surface area (Å²) < 4.78 is 59.2. The van der Waals surface area contributed by atoms with Crippen molar-refractivity contribution in [1.29, 1.82) is 0 Å². The van der Waals surface area contributed by atoms with Crippen LogP contribution in [-0.2, 0) is 20.7 Å². The molecule has 1 aliphatic heterocycles. The Labute approximate surface area is 190 Å². The number of fused-ring (bicyclic) bond motifs is 1. The molecule has 33 heavy (non-hydrogen) atoms. The van der Waals surface area contributed by atoms with Gasteiger partial charge in [0.25, 0.3) is 0 Å². The monoisotopic (exact) mass is 465 g/mol. The van der Waals surface area contributed by atoms with Crippen molar-refractivity contribution in [2.75, 3.05) is 25.2 Å². The SMILES string of the molecule is CCOC(=O)CCCOc1c(F)cc(-c2c(F)ccc3c2CC(C)(C)N3C(=O)OC)cc1F. The number of ether oxygens (including phenoxy) is 3. The van der Waals surface area contributed by atoms with Crippen molar-refractivity contribution in [1.82, 2.24) is 0 Å². The van der Waals surface area contributed by atoms with Gasteiger partial charge in [-0.15, -0.1) is 0 Å². The van der Waals surface area contributed by atoms with Crippen molar-refractivity contribution in [2.24, 2.45) is 0 Å². The zero-order chi connectivity index (χ0) is 24.3. The Morgan fingerprint density at radius 1 is 1.09 bits per heavy atom. The van der Waals surface area contributed by atoms with E-state index in [1.54, 1.807) is 20.8 Å². The highest BCUT2D eigenvalue weighted by molar-refractivity contribution is 5.94. The van der Waals surface area contributed by atoms with Gasteiger partial charge in [0.15, 0.2) is 17.4 Å². The van der Waals surface area contributed by atoms with Crippen LogP contribution in [0.25, 0.3) is 11.1 Å². The number of carbonyl (C=O) groups is 2. The van der Waals surface area contributed by atoms with Gasteiger partial charge in [-0.25, -0.2) is 18.0 Å². The minimum absolute atomic E-state index is 0.0126. The van der Waals surface area contributed by atoms with Crippen molar-refractivity contribution in [3.63, 3.8) is 0 Å². The maximum absolute atomic E-state index is 14.9. The largest absolute Gasteiger partial charge is 0.488 e. The summed E-state index contributed by atoms with van der Waals surface area (Å²) in [6.07, 6.45) is -0.0676. The fourth-order valence-corrected chi connectivity index (χ4v) is 4.05. The maximum atomic E-state index is 14.9. The third-order valence-corrected chi connectivity index (χ3v) is 5.41. The number of anilines is 1. The lowest BCUT2D eigenvalue weighted by atomic mass is 9.92. The predicted molar refractivity (Wildman–Crippen MR) is 116 cm³/mol. The standard InChI is InChI=1S/C24H26F3NO5/c1-5-32-20(29)7-6-10-33-22-17(26)11-14(12-18(22)27)21-15-13-24(2,3)28(23(30)31-4)19(15)9-8-16(21)25/h8-9,11-12H,5-7,10,13H2,1-4H3. The molecule has 178 valence electrons. The molecule has 9 heteroatoms. The second-order valence-corrected chi connectivity index (χ2v) is 8.24. The molecule has 0 aliphatic carbocycles. The average molecular weight is 465 g/mol. The Kier molecular flexibility index (Phi) is 7.19. The van der Waals surface area contributed by atoms with Gasteiger partial charge in [0.05, 0.1) is 26.0 Å². The quantitative estimate of drug-likeness (QED) is 0.405. The predicted octanol–water partition coefficient (Wildman–Crippen LogP) is 5.40. The van der Waals surface area contributed by atoms with Crippen molar-refractivity contribution in [2.45, 2.75) is 45.6 Å². The summed E-state index contributed by atoms with van der Waals surface area (Å²) in [4.78, 5) is 25.1. The number of rotatable bonds is 7. The van der Waals surface area contributed by atoms with E-state index in [-0.39, 0.29) is 43.6 Å². The van der Waals surface area contributed by atoms with Gasteiger partial charge >= 0.3 is 12.1 Å². The molecule has 0 fully saturated rings. The second-order valence-electron chi connectivity index (χ2n) is 8.24. The van der Waals surface area contributed by atoms with Crippen LogP contribution in [0.5, 0.6) is 5.75 Å². The molecule has 2 aromatic carbocycles. The molecular weight excluding hydrogens is 439 g/mol. The van der Waals surface area contributed by atoms with Crippen molar-refractivity contribution in [3.05, 3.63) is 47.3 Å². The van der Waals surface area contributed by atoms with E-state index in [1.807, 2.05) is 0 Å². The number of hydrogen-bond acceptors (Lipinski definition) is 5. The highest BCUT2D eigenvalue weighted by Crippen LogP contribution is 2.45. The summed E-state index contributed by atoms with van der Waals surface area (Å²) in [7, 11) is 1.25. The number of nitrogens with zero attached hydrogens (tertiary/aromatic N) is 1. The van der Waals surface area contributed by atoms with Gasteiger partial charge in [0, 0.05) is 17.5 Å². The molecule has 0 N–H and O–H groups in total. The molecule has 0 atom stereocenters. The molecule has 3 rings (SSSR count). The molecule has 0 aromatic heterocycles. The highest BCUT2D eigenvalue weighted by Gasteiger charge is 2.42. The number of amides is 1. The first kappa shape index (κ1) is 24.4. The third-order valence-electron chi connectivity index (χ3n) is 5.41. The Morgan fingerprint density at radius 3 is 2.36 bits per heavy atom. The second kappa shape index (κ2) is 9.72. The first-order chi connectivity index (χ1) is 15.6. The molecule has 0 saturated heterocycles. The van der Waals surface area contributed by atoms with Crippen LogP contribution in [0, 0.1) is 17.5 Å². The molecule has 1 aliphatic rings. The fourth-order valence-electron chi connectivity index (χ4n) is 4.05. The molecule has 0 bridgehead atoms.